The monoisotopic (exact) mass is 393 g/mol. The minimum Gasteiger partial charge on any atom is -0.353 e. The van der Waals surface area contributed by atoms with Gasteiger partial charge in [0.15, 0.2) is 0 Å². The lowest BCUT2D eigenvalue weighted by Gasteiger charge is -2.36. The third-order valence-corrected chi connectivity index (χ3v) is 6.10. The van der Waals surface area contributed by atoms with Crippen molar-refractivity contribution in [3.63, 3.8) is 0 Å². The van der Waals surface area contributed by atoms with Crippen LogP contribution in [0.1, 0.15) is 31.2 Å². The van der Waals surface area contributed by atoms with Gasteiger partial charge in [-0.25, -0.2) is 4.98 Å². The standard InChI is InChI=1S/C23H31N5O/c29-23(28-15-13-27(14-16-28)22-7-1-2-11-25-22)9-8-20-6-4-12-26(18-20)19-21-5-3-10-24-17-21/h1-3,5,7,10-11,17,20H,4,6,8-9,12-16,18-19H2. The van der Waals surface area contributed by atoms with E-state index in [9.17, 15) is 4.79 Å². The highest BCUT2D eigenvalue weighted by atomic mass is 16.2. The fraction of sp³-hybridized carbons (Fsp3) is 0.522. The zero-order valence-electron chi connectivity index (χ0n) is 17.1. The first kappa shape index (κ1) is 19.8. The molecule has 2 fully saturated rings. The van der Waals surface area contributed by atoms with Crippen LogP contribution in [0.5, 0.6) is 0 Å². The van der Waals surface area contributed by atoms with Crippen LogP contribution in [-0.2, 0) is 11.3 Å². The van der Waals surface area contributed by atoms with Crippen molar-refractivity contribution < 1.29 is 4.79 Å². The molecule has 4 heterocycles. The van der Waals surface area contributed by atoms with Crippen molar-refractivity contribution in [3.8, 4) is 0 Å². The first-order valence-electron chi connectivity index (χ1n) is 10.8. The van der Waals surface area contributed by atoms with Crippen LogP contribution in [-0.4, -0.2) is 64.9 Å². The Morgan fingerprint density at radius 1 is 1.03 bits per heavy atom. The Bertz CT molecular complexity index is 761. The van der Waals surface area contributed by atoms with Crippen LogP contribution in [0.2, 0.25) is 0 Å². The Morgan fingerprint density at radius 2 is 1.93 bits per heavy atom. The number of nitrogens with zero attached hydrogens (tertiary/aromatic N) is 5. The van der Waals surface area contributed by atoms with E-state index >= 15 is 0 Å². The van der Waals surface area contributed by atoms with Crippen molar-refractivity contribution in [3.05, 3.63) is 54.5 Å². The van der Waals surface area contributed by atoms with E-state index in [0.717, 1.165) is 58.1 Å². The molecule has 1 unspecified atom stereocenters. The molecule has 0 aromatic carbocycles. The van der Waals surface area contributed by atoms with Gasteiger partial charge in [-0.15, -0.1) is 0 Å². The van der Waals surface area contributed by atoms with Gasteiger partial charge in [-0.05, 0) is 55.5 Å². The van der Waals surface area contributed by atoms with E-state index < -0.39 is 0 Å². The molecule has 6 nitrogen and oxygen atoms in total. The largest absolute Gasteiger partial charge is 0.353 e. The Hall–Kier alpha value is -2.47. The molecular weight excluding hydrogens is 362 g/mol. The van der Waals surface area contributed by atoms with Crippen LogP contribution in [0.25, 0.3) is 0 Å². The molecule has 154 valence electrons. The number of piperazine rings is 1. The van der Waals surface area contributed by atoms with Crippen LogP contribution in [0, 0.1) is 5.92 Å². The van der Waals surface area contributed by atoms with E-state index in [1.165, 1.54) is 18.4 Å². The van der Waals surface area contributed by atoms with E-state index in [2.05, 4.69) is 25.8 Å². The van der Waals surface area contributed by atoms with Gasteiger partial charge in [-0.2, -0.15) is 0 Å². The molecule has 0 N–H and O–H groups in total. The molecule has 2 aliphatic heterocycles. The summed E-state index contributed by atoms with van der Waals surface area (Å²) in [4.78, 5) is 28.2. The Kier molecular flexibility index (Phi) is 6.72. The topological polar surface area (TPSA) is 52.6 Å². The predicted molar refractivity (Wildman–Crippen MR) is 115 cm³/mol. The van der Waals surface area contributed by atoms with Crippen LogP contribution < -0.4 is 4.90 Å². The minimum absolute atomic E-state index is 0.315. The smallest absolute Gasteiger partial charge is 0.222 e. The normalized spacial score (nSPS) is 20.6. The lowest BCUT2D eigenvalue weighted by molar-refractivity contribution is -0.131. The van der Waals surface area contributed by atoms with E-state index in [0.29, 0.717) is 18.2 Å². The summed E-state index contributed by atoms with van der Waals surface area (Å²) in [7, 11) is 0. The van der Waals surface area contributed by atoms with E-state index in [1.807, 2.05) is 47.8 Å². The first-order chi connectivity index (χ1) is 14.3. The van der Waals surface area contributed by atoms with Crippen molar-refractivity contribution in [1.82, 2.24) is 19.8 Å². The summed E-state index contributed by atoms with van der Waals surface area (Å²) in [5.74, 6) is 1.95. The number of aromatic nitrogens is 2. The number of likely N-dealkylation sites (tertiary alicyclic amines) is 1. The summed E-state index contributed by atoms with van der Waals surface area (Å²) in [6.07, 6.45) is 9.75. The molecule has 0 saturated carbocycles. The molecule has 1 amide bonds. The average molecular weight is 394 g/mol. The van der Waals surface area contributed by atoms with Gasteiger partial charge >= 0.3 is 0 Å². The number of rotatable bonds is 6. The van der Waals surface area contributed by atoms with Crippen LogP contribution in [0.3, 0.4) is 0 Å². The number of anilines is 1. The van der Waals surface area contributed by atoms with Gasteiger partial charge in [-0.3, -0.25) is 14.7 Å². The van der Waals surface area contributed by atoms with Gasteiger partial charge in [0.2, 0.25) is 5.91 Å². The summed E-state index contributed by atoms with van der Waals surface area (Å²) in [6, 6.07) is 10.1. The lowest BCUT2D eigenvalue weighted by Crippen LogP contribution is -2.49. The molecule has 0 bridgehead atoms. The number of piperidine rings is 1. The molecule has 1 atom stereocenters. The Morgan fingerprint density at radius 3 is 2.69 bits per heavy atom. The van der Waals surface area contributed by atoms with Crippen molar-refractivity contribution in [1.29, 1.82) is 0 Å². The van der Waals surface area contributed by atoms with Gasteiger partial charge < -0.3 is 9.80 Å². The Balaban J connectivity index is 1.19. The predicted octanol–water partition coefficient (Wildman–Crippen LogP) is 2.82. The highest BCUT2D eigenvalue weighted by Gasteiger charge is 2.24. The molecule has 2 saturated heterocycles. The first-order valence-corrected chi connectivity index (χ1v) is 10.8. The number of pyridine rings is 2. The maximum atomic E-state index is 12.7. The molecule has 6 heteroatoms. The van der Waals surface area contributed by atoms with Crippen molar-refractivity contribution in [2.75, 3.05) is 44.2 Å². The highest BCUT2D eigenvalue weighted by Crippen LogP contribution is 2.23. The molecule has 0 radical (unpaired) electrons. The number of carbonyl (C=O) groups is 1. The molecule has 2 aromatic heterocycles. The van der Waals surface area contributed by atoms with E-state index in [4.69, 9.17) is 0 Å². The molecule has 2 aromatic rings. The van der Waals surface area contributed by atoms with Gasteiger partial charge in [0.25, 0.3) is 0 Å². The highest BCUT2D eigenvalue weighted by molar-refractivity contribution is 5.76. The van der Waals surface area contributed by atoms with Gasteiger partial charge in [0, 0.05) is 64.3 Å². The molecule has 0 aliphatic carbocycles. The molecular formula is C23H31N5O. The van der Waals surface area contributed by atoms with Crippen LogP contribution in [0.4, 0.5) is 5.82 Å². The maximum Gasteiger partial charge on any atom is 0.222 e. The van der Waals surface area contributed by atoms with E-state index in [-0.39, 0.29) is 0 Å². The summed E-state index contributed by atoms with van der Waals surface area (Å²) < 4.78 is 0. The van der Waals surface area contributed by atoms with E-state index in [1.54, 1.807) is 0 Å². The summed E-state index contributed by atoms with van der Waals surface area (Å²) in [5.41, 5.74) is 1.27. The SMILES string of the molecule is O=C(CCC1CCCN(Cc2cccnc2)C1)N1CCN(c2ccccn2)CC1. The minimum atomic E-state index is 0.315. The third-order valence-electron chi connectivity index (χ3n) is 6.10. The number of hydrogen-bond acceptors (Lipinski definition) is 5. The zero-order valence-corrected chi connectivity index (χ0v) is 17.1. The third kappa shape index (κ3) is 5.54. The number of carbonyl (C=O) groups excluding carboxylic acids is 1. The quantitative estimate of drug-likeness (QED) is 0.755. The number of hydrogen-bond donors (Lipinski definition) is 0. The van der Waals surface area contributed by atoms with Crippen molar-refractivity contribution in [2.24, 2.45) is 5.92 Å². The molecule has 29 heavy (non-hydrogen) atoms. The van der Waals surface area contributed by atoms with Gasteiger partial charge in [0.1, 0.15) is 5.82 Å². The summed E-state index contributed by atoms with van der Waals surface area (Å²) >= 11 is 0. The lowest BCUT2D eigenvalue weighted by atomic mass is 9.93. The van der Waals surface area contributed by atoms with Gasteiger partial charge in [0.05, 0.1) is 0 Å². The molecule has 2 aliphatic rings. The summed E-state index contributed by atoms with van der Waals surface area (Å²) in [6.45, 7) is 6.54. The summed E-state index contributed by atoms with van der Waals surface area (Å²) in [5, 5.41) is 0. The number of amides is 1. The fourth-order valence-electron chi connectivity index (χ4n) is 4.49. The van der Waals surface area contributed by atoms with Gasteiger partial charge in [-0.1, -0.05) is 12.1 Å². The molecule has 0 spiro atoms. The Labute approximate surface area is 173 Å². The second-order valence-corrected chi connectivity index (χ2v) is 8.20. The maximum absolute atomic E-state index is 12.7. The second kappa shape index (κ2) is 9.83. The van der Waals surface area contributed by atoms with Crippen molar-refractivity contribution in [2.45, 2.75) is 32.2 Å². The second-order valence-electron chi connectivity index (χ2n) is 8.20. The van der Waals surface area contributed by atoms with Crippen molar-refractivity contribution >= 4 is 11.7 Å². The van der Waals surface area contributed by atoms with Crippen LogP contribution >= 0.6 is 0 Å². The average Bonchev–Trinajstić information content (AvgIpc) is 2.79. The molecule has 4 rings (SSSR count). The zero-order chi connectivity index (χ0) is 19.9. The van der Waals surface area contributed by atoms with Crippen LogP contribution in [0.15, 0.2) is 48.9 Å². The fourth-order valence-corrected chi connectivity index (χ4v) is 4.49.